The first-order valence-electron chi connectivity index (χ1n) is 13.2. The zero-order valence-corrected chi connectivity index (χ0v) is 20.8. The number of esters is 1. The van der Waals surface area contributed by atoms with Crippen LogP contribution in [-0.4, -0.2) is 12.1 Å². The van der Waals surface area contributed by atoms with Gasteiger partial charge >= 0.3 is 5.97 Å². The number of aryl methyl sites for hydroxylation is 2. The van der Waals surface area contributed by atoms with E-state index in [4.69, 9.17) is 4.74 Å². The standard InChI is InChI=1S/C29H46O2/c1-6-7-8-9-23-10-12-24(13-11-23)25-14-16-27(17-15-25)31-29(30)28-21(4)18-26(20(2)3)19-22(28)5/h18-20,23-25,27H,6-17H2,1-5H3. The quantitative estimate of drug-likeness (QED) is 0.307. The Bertz CT molecular complexity index is 680. The maximum Gasteiger partial charge on any atom is 0.338 e. The van der Waals surface area contributed by atoms with Gasteiger partial charge in [-0.3, -0.25) is 0 Å². The van der Waals surface area contributed by atoms with Crippen molar-refractivity contribution >= 4 is 5.97 Å². The molecule has 31 heavy (non-hydrogen) atoms. The second kappa shape index (κ2) is 11.5. The Morgan fingerprint density at radius 2 is 1.45 bits per heavy atom. The molecule has 2 nitrogen and oxygen atoms in total. The van der Waals surface area contributed by atoms with Gasteiger partial charge in [0.25, 0.3) is 0 Å². The first-order chi connectivity index (χ1) is 14.9. The number of carbonyl (C=O) groups is 1. The molecule has 0 saturated heterocycles. The van der Waals surface area contributed by atoms with Gasteiger partial charge in [0.05, 0.1) is 5.56 Å². The van der Waals surface area contributed by atoms with Crippen LogP contribution in [0.2, 0.25) is 0 Å². The Morgan fingerprint density at radius 1 is 0.903 bits per heavy atom. The highest BCUT2D eigenvalue weighted by Gasteiger charge is 2.32. The van der Waals surface area contributed by atoms with Crippen LogP contribution < -0.4 is 0 Å². The van der Waals surface area contributed by atoms with E-state index >= 15 is 0 Å². The molecule has 2 aliphatic carbocycles. The first-order valence-corrected chi connectivity index (χ1v) is 13.2. The molecule has 0 atom stereocenters. The highest BCUT2D eigenvalue weighted by molar-refractivity contribution is 5.93. The molecule has 2 saturated carbocycles. The lowest BCUT2D eigenvalue weighted by molar-refractivity contribution is 0.0108. The van der Waals surface area contributed by atoms with Crippen molar-refractivity contribution in [2.75, 3.05) is 0 Å². The van der Waals surface area contributed by atoms with Gasteiger partial charge in [-0.05, 0) is 92.7 Å². The van der Waals surface area contributed by atoms with Crippen molar-refractivity contribution in [1.82, 2.24) is 0 Å². The lowest BCUT2D eigenvalue weighted by Crippen LogP contribution is -2.30. The van der Waals surface area contributed by atoms with Crippen LogP contribution >= 0.6 is 0 Å². The maximum atomic E-state index is 12.9. The normalized spacial score (nSPS) is 26.8. The zero-order valence-electron chi connectivity index (χ0n) is 20.8. The van der Waals surface area contributed by atoms with Crippen molar-refractivity contribution in [1.29, 1.82) is 0 Å². The van der Waals surface area contributed by atoms with E-state index in [1.807, 2.05) is 13.8 Å². The van der Waals surface area contributed by atoms with Gasteiger partial charge in [0.1, 0.15) is 6.10 Å². The summed E-state index contributed by atoms with van der Waals surface area (Å²) in [7, 11) is 0. The Hall–Kier alpha value is -1.31. The first kappa shape index (κ1) is 24.3. The van der Waals surface area contributed by atoms with Crippen molar-refractivity contribution < 1.29 is 9.53 Å². The van der Waals surface area contributed by atoms with E-state index in [-0.39, 0.29) is 12.1 Å². The van der Waals surface area contributed by atoms with E-state index < -0.39 is 0 Å². The minimum atomic E-state index is -0.110. The van der Waals surface area contributed by atoms with Crippen LogP contribution in [0.4, 0.5) is 0 Å². The lowest BCUT2D eigenvalue weighted by atomic mass is 9.70. The average Bonchev–Trinajstić information content (AvgIpc) is 2.74. The predicted octanol–water partition coefficient (Wildman–Crippen LogP) is 8.53. The van der Waals surface area contributed by atoms with Crippen LogP contribution in [0.25, 0.3) is 0 Å². The lowest BCUT2D eigenvalue weighted by Gasteiger charge is -2.37. The minimum absolute atomic E-state index is 0.109. The number of hydrogen-bond donors (Lipinski definition) is 0. The molecule has 0 aliphatic heterocycles. The molecule has 0 spiro atoms. The smallest absolute Gasteiger partial charge is 0.338 e. The van der Waals surface area contributed by atoms with E-state index in [1.54, 1.807) is 0 Å². The number of unbranched alkanes of at least 4 members (excludes halogenated alkanes) is 2. The van der Waals surface area contributed by atoms with Crippen molar-refractivity contribution in [2.45, 2.75) is 124 Å². The van der Waals surface area contributed by atoms with E-state index in [2.05, 4.69) is 32.9 Å². The summed E-state index contributed by atoms with van der Waals surface area (Å²) in [6.45, 7) is 10.8. The molecule has 0 radical (unpaired) electrons. The zero-order chi connectivity index (χ0) is 22.4. The van der Waals surface area contributed by atoms with Gasteiger partial charge in [0, 0.05) is 0 Å². The molecule has 0 N–H and O–H groups in total. The fourth-order valence-corrected chi connectivity index (χ4v) is 6.17. The molecule has 2 aliphatic rings. The molecule has 1 aromatic rings. The van der Waals surface area contributed by atoms with Crippen LogP contribution in [0.5, 0.6) is 0 Å². The van der Waals surface area contributed by atoms with Crippen LogP contribution in [0.3, 0.4) is 0 Å². The molecule has 0 amide bonds. The molecule has 2 heteroatoms. The topological polar surface area (TPSA) is 26.3 Å². The number of carbonyl (C=O) groups excluding carboxylic acids is 1. The molecule has 2 fully saturated rings. The Labute approximate surface area is 191 Å². The van der Waals surface area contributed by atoms with Crippen LogP contribution in [0.15, 0.2) is 12.1 Å². The van der Waals surface area contributed by atoms with Gasteiger partial charge in [0.2, 0.25) is 0 Å². The van der Waals surface area contributed by atoms with Gasteiger partial charge < -0.3 is 4.74 Å². The molecule has 0 heterocycles. The third kappa shape index (κ3) is 6.59. The third-order valence-corrected chi connectivity index (χ3v) is 8.19. The Morgan fingerprint density at radius 3 is 1.97 bits per heavy atom. The van der Waals surface area contributed by atoms with Gasteiger partial charge in [0.15, 0.2) is 0 Å². The van der Waals surface area contributed by atoms with Crippen molar-refractivity contribution in [2.24, 2.45) is 17.8 Å². The Kier molecular flexibility index (Phi) is 9.05. The van der Waals surface area contributed by atoms with Gasteiger partial charge in [-0.1, -0.05) is 71.4 Å². The molecule has 0 bridgehead atoms. The van der Waals surface area contributed by atoms with E-state index in [1.165, 1.54) is 69.8 Å². The third-order valence-electron chi connectivity index (χ3n) is 8.19. The monoisotopic (exact) mass is 426 g/mol. The molecule has 0 unspecified atom stereocenters. The fraction of sp³-hybridized carbons (Fsp3) is 0.759. The number of rotatable bonds is 8. The number of benzene rings is 1. The van der Waals surface area contributed by atoms with Crippen molar-refractivity contribution in [3.63, 3.8) is 0 Å². The van der Waals surface area contributed by atoms with Gasteiger partial charge in [-0.15, -0.1) is 0 Å². The van der Waals surface area contributed by atoms with Crippen molar-refractivity contribution in [3.8, 4) is 0 Å². The largest absolute Gasteiger partial charge is 0.459 e. The predicted molar refractivity (Wildman–Crippen MR) is 131 cm³/mol. The van der Waals surface area contributed by atoms with E-state index in [0.29, 0.717) is 5.92 Å². The highest BCUT2D eigenvalue weighted by Crippen LogP contribution is 2.41. The average molecular weight is 427 g/mol. The molecular weight excluding hydrogens is 380 g/mol. The van der Waals surface area contributed by atoms with Gasteiger partial charge in [-0.2, -0.15) is 0 Å². The van der Waals surface area contributed by atoms with E-state index in [0.717, 1.165) is 47.3 Å². The summed E-state index contributed by atoms with van der Waals surface area (Å²) in [4.78, 5) is 12.9. The summed E-state index contributed by atoms with van der Waals surface area (Å²) in [5, 5.41) is 0. The van der Waals surface area contributed by atoms with Crippen LogP contribution in [0.1, 0.15) is 131 Å². The summed E-state index contributed by atoms with van der Waals surface area (Å²) >= 11 is 0. The SMILES string of the molecule is CCCCCC1CCC(C2CCC(OC(=O)c3c(C)cc(C(C)C)cc3C)CC2)CC1. The maximum absolute atomic E-state index is 12.9. The van der Waals surface area contributed by atoms with E-state index in [9.17, 15) is 4.79 Å². The summed E-state index contributed by atoms with van der Waals surface area (Å²) in [6, 6.07) is 4.31. The molecule has 3 rings (SSSR count). The second-order valence-electron chi connectivity index (χ2n) is 10.9. The van der Waals surface area contributed by atoms with Crippen LogP contribution in [0, 0.1) is 31.6 Å². The summed E-state index contributed by atoms with van der Waals surface area (Å²) in [6.07, 6.45) is 16.1. The second-order valence-corrected chi connectivity index (χ2v) is 10.9. The highest BCUT2D eigenvalue weighted by atomic mass is 16.5. The molecular formula is C29H46O2. The number of hydrogen-bond acceptors (Lipinski definition) is 2. The van der Waals surface area contributed by atoms with Gasteiger partial charge in [-0.25, -0.2) is 4.79 Å². The summed E-state index contributed by atoms with van der Waals surface area (Å²) < 4.78 is 6.01. The molecule has 174 valence electrons. The van der Waals surface area contributed by atoms with Crippen LogP contribution in [-0.2, 0) is 4.74 Å². The Balaban J connectivity index is 1.45. The fourth-order valence-electron chi connectivity index (χ4n) is 6.17. The number of ether oxygens (including phenoxy) is 1. The summed E-state index contributed by atoms with van der Waals surface area (Å²) in [5.41, 5.74) is 4.19. The van der Waals surface area contributed by atoms with Crippen molar-refractivity contribution in [3.05, 3.63) is 34.4 Å². The molecule has 1 aromatic carbocycles. The summed E-state index contributed by atoms with van der Waals surface area (Å²) in [5.74, 6) is 3.15. The minimum Gasteiger partial charge on any atom is -0.459 e. The molecule has 0 aromatic heterocycles.